The SMILES string of the molecule is CC1(C)C(/C=C(\Cl)C(F)(F)F)C1C(=O)OC(F)(F)c1ccccc1. The van der Waals surface area contributed by atoms with E-state index in [0.717, 1.165) is 12.1 Å². The number of hydrogen-bond donors (Lipinski definition) is 0. The zero-order valence-corrected chi connectivity index (χ0v) is 13.5. The molecule has 2 rings (SSSR count). The number of rotatable bonds is 4. The van der Waals surface area contributed by atoms with Crippen LogP contribution in [0, 0.1) is 17.3 Å². The summed E-state index contributed by atoms with van der Waals surface area (Å²) in [4.78, 5) is 12.0. The maximum absolute atomic E-state index is 14.0. The van der Waals surface area contributed by atoms with Gasteiger partial charge in [0.15, 0.2) is 0 Å². The van der Waals surface area contributed by atoms with E-state index in [1.807, 2.05) is 0 Å². The van der Waals surface area contributed by atoms with E-state index in [1.165, 1.54) is 32.0 Å². The summed E-state index contributed by atoms with van der Waals surface area (Å²) >= 11 is 5.15. The van der Waals surface area contributed by atoms with Crippen LogP contribution in [0.15, 0.2) is 41.4 Å². The highest BCUT2D eigenvalue weighted by molar-refractivity contribution is 6.30. The summed E-state index contributed by atoms with van der Waals surface area (Å²) in [5.74, 6) is -3.31. The van der Waals surface area contributed by atoms with Gasteiger partial charge >= 0.3 is 18.3 Å². The van der Waals surface area contributed by atoms with E-state index in [9.17, 15) is 26.7 Å². The van der Waals surface area contributed by atoms with Gasteiger partial charge in [0.05, 0.1) is 11.5 Å². The Morgan fingerprint density at radius 2 is 1.71 bits per heavy atom. The van der Waals surface area contributed by atoms with E-state index < -0.39 is 46.1 Å². The van der Waals surface area contributed by atoms with Crippen molar-refractivity contribution in [1.29, 1.82) is 0 Å². The molecule has 1 saturated carbocycles. The molecule has 0 bridgehead atoms. The average molecular weight is 369 g/mol. The Kier molecular flexibility index (Phi) is 4.69. The predicted molar refractivity (Wildman–Crippen MR) is 77.2 cm³/mol. The number of carbonyl (C=O) groups is 1. The van der Waals surface area contributed by atoms with Crippen LogP contribution in [0.2, 0.25) is 0 Å². The summed E-state index contributed by atoms with van der Waals surface area (Å²) in [6, 6.07) is 6.40. The molecule has 0 amide bonds. The van der Waals surface area contributed by atoms with Crippen LogP contribution in [-0.4, -0.2) is 12.1 Å². The number of ether oxygens (including phenoxy) is 1. The fraction of sp³-hybridized carbons (Fsp3) is 0.438. The first-order valence-corrected chi connectivity index (χ1v) is 7.36. The summed E-state index contributed by atoms with van der Waals surface area (Å²) in [5.41, 5.74) is -1.47. The molecule has 2 nitrogen and oxygen atoms in total. The van der Waals surface area contributed by atoms with Crippen molar-refractivity contribution in [1.82, 2.24) is 0 Å². The molecule has 0 saturated heterocycles. The topological polar surface area (TPSA) is 26.3 Å². The molecule has 1 aliphatic carbocycles. The molecule has 24 heavy (non-hydrogen) atoms. The molecule has 0 aliphatic heterocycles. The van der Waals surface area contributed by atoms with Crippen molar-refractivity contribution in [2.45, 2.75) is 26.1 Å². The highest BCUT2D eigenvalue weighted by Crippen LogP contribution is 2.61. The zero-order chi connectivity index (χ0) is 18.3. The first kappa shape index (κ1) is 18.7. The Labute approximate surface area is 140 Å². The minimum absolute atomic E-state index is 0.516. The molecule has 1 aliphatic rings. The van der Waals surface area contributed by atoms with Gasteiger partial charge in [-0.1, -0.05) is 49.7 Å². The molecule has 132 valence electrons. The van der Waals surface area contributed by atoms with E-state index in [-0.39, 0.29) is 0 Å². The smallest absolute Gasteiger partial charge is 0.397 e. The summed E-state index contributed by atoms with van der Waals surface area (Å²) in [7, 11) is 0. The van der Waals surface area contributed by atoms with Crippen molar-refractivity contribution in [2.24, 2.45) is 17.3 Å². The second-order valence-corrected chi connectivity index (χ2v) is 6.55. The van der Waals surface area contributed by atoms with Crippen LogP contribution in [-0.2, 0) is 15.6 Å². The molecule has 2 atom stereocenters. The Morgan fingerprint density at radius 3 is 2.21 bits per heavy atom. The molecular formula is C16H14ClF5O2. The lowest BCUT2D eigenvalue weighted by atomic mass is 10.1. The Hall–Kier alpha value is -1.63. The minimum Gasteiger partial charge on any atom is -0.397 e. The van der Waals surface area contributed by atoms with Crippen LogP contribution >= 0.6 is 11.6 Å². The van der Waals surface area contributed by atoms with E-state index in [1.54, 1.807) is 0 Å². The van der Waals surface area contributed by atoms with Crippen molar-refractivity contribution < 1.29 is 31.5 Å². The van der Waals surface area contributed by atoms with Crippen molar-refractivity contribution >= 4 is 17.6 Å². The van der Waals surface area contributed by atoms with Gasteiger partial charge in [-0.05, 0) is 23.5 Å². The number of alkyl halides is 5. The number of halogens is 6. The Balaban J connectivity index is 2.13. The molecule has 2 unspecified atom stereocenters. The van der Waals surface area contributed by atoms with Gasteiger partial charge in [-0.2, -0.15) is 22.0 Å². The van der Waals surface area contributed by atoms with Crippen LogP contribution in [0.25, 0.3) is 0 Å². The molecule has 0 radical (unpaired) electrons. The van der Waals surface area contributed by atoms with E-state index in [2.05, 4.69) is 4.74 Å². The van der Waals surface area contributed by atoms with Crippen LogP contribution < -0.4 is 0 Å². The quantitative estimate of drug-likeness (QED) is 0.537. The summed E-state index contributed by atoms with van der Waals surface area (Å²) in [5, 5.41) is -1.38. The van der Waals surface area contributed by atoms with Gasteiger partial charge in [0.2, 0.25) is 0 Å². The zero-order valence-electron chi connectivity index (χ0n) is 12.7. The fourth-order valence-electron chi connectivity index (χ4n) is 2.57. The summed E-state index contributed by atoms with van der Waals surface area (Å²) in [6.45, 7) is 2.97. The molecule has 8 heteroatoms. The van der Waals surface area contributed by atoms with Crippen molar-refractivity contribution in [3.63, 3.8) is 0 Å². The second kappa shape index (κ2) is 6.02. The van der Waals surface area contributed by atoms with Crippen molar-refractivity contribution in [3.8, 4) is 0 Å². The van der Waals surface area contributed by atoms with E-state index >= 15 is 0 Å². The molecule has 1 fully saturated rings. The molecule has 1 aromatic carbocycles. The van der Waals surface area contributed by atoms with Crippen LogP contribution in [0.4, 0.5) is 22.0 Å². The minimum atomic E-state index is -4.75. The normalized spacial score (nSPS) is 23.8. The standard InChI is InChI=1S/C16H14ClF5O2/c1-14(2)10(8-11(17)15(18,19)20)12(14)13(23)24-16(21,22)9-6-4-3-5-7-9/h3-8,10,12H,1-2H3/b11-8-. The molecule has 0 heterocycles. The average Bonchev–Trinajstić information content (AvgIpc) is 2.99. The fourth-order valence-corrected chi connectivity index (χ4v) is 2.71. The van der Waals surface area contributed by atoms with Gasteiger partial charge in [0.25, 0.3) is 0 Å². The first-order valence-electron chi connectivity index (χ1n) is 6.98. The highest BCUT2D eigenvalue weighted by atomic mass is 35.5. The van der Waals surface area contributed by atoms with Gasteiger partial charge in [0, 0.05) is 0 Å². The third-order valence-corrected chi connectivity index (χ3v) is 4.44. The molecular weight excluding hydrogens is 355 g/mol. The Bertz CT molecular complexity index is 652. The maximum Gasteiger partial charge on any atom is 0.428 e. The predicted octanol–water partition coefficient (Wildman–Crippen LogP) is 5.24. The van der Waals surface area contributed by atoms with Gasteiger partial charge in [-0.3, -0.25) is 4.79 Å². The molecule has 0 N–H and O–H groups in total. The van der Waals surface area contributed by atoms with Crippen LogP contribution in [0.1, 0.15) is 19.4 Å². The van der Waals surface area contributed by atoms with E-state index in [4.69, 9.17) is 11.6 Å². The largest absolute Gasteiger partial charge is 0.428 e. The molecule has 0 spiro atoms. The number of benzene rings is 1. The van der Waals surface area contributed by atoms with Crippen LogP contribution in [0.5, 0.6) is 0 Å². The maximum atomic E-state index is 14.0. The van der Waals surface area contributed by atoms with Gasteiger partial charge in [-0.15, -0.1) is 0 Å². The number of carbonyl (C=O) groups excluding carboxylic acids is 1. The summed E-state index contributed by atoms with van der Waals surface area (Å²) < 4.78 is 69.6. The van der Waals surface area contributed by atoms with Gasteiger partial charge < -0.3 is 4.74 Å². The summed E-state index contributed by atoms with van der Waals surface area (Å²) in [6.07, 6.45) is -7.93. The third kappa shape index (κ3) is 3.71. The van der Waals surface area contributed by atoms with E-state index in [0.29, 0.717) is 6.08 Å². The molecule has 1 aromatic rings. The second-order valence-electron chi connectivity index (χ2n) is 6.14. The monoisotopic (exact) mass is 368 g/mol. The number of hydrogen-bond acceptors (Lipinski definition) is 2. The lowest BCUT2D eigenvalue weighted by Gasteiger charge is -2.17. The first-order chi connectivity index (χ1) is 10.9. The van der Waals surface area contributed by atoms with Gasteiger partial charge in [-0.25, -0.2) is 0 Å². The Morgan fingerprint density at radius 1 is 1.17 bits per heavy atom. The van der Waals surface area contributed by atoms with Crippen molar-refractivity contribution in [2.75, 3.05) is 0 Å². The molecule has 0 aromatic heterocycles. The van der Waals surface area contributed by atoms with Gasteiger partial charge in [0.1, 0.15) is 5.03 Å². The van der Waals surface area contributed by atoms with Crippen LogP contribution in [0.3, 0.4) is 0 Å². The number of esters is 1. The highest BCUT2D eigenvalue weighted by Gasteiger charge is 2.63. The lowest BCUT2D eigenvalue weighted by molar-refractivity contribution is -0.242. The third-order valence-electron chi connectivity index (χ3n) is 4.10. The van der Waals surface area contributed by atoms with Crippen molar-refractivity contribution in [3.05, 3.63) is 47.0 Å². The number of allylic oxidation sites excluding steroid dienone is 2. The lowest BCUT2D eigenvalue weighted by Crippen LogP contribution is -2.24.